The van der Waals surface area contributed by atoms with Crippen molar-refractivity contribution in [1.29, 1.82) is 0 Å². The number of halogens is 3. The summed E-state index contributed by atoms with van der Waals surface area (Å²) in [5.74, 6) is -3.09. The van der Waals surface area contributed by atoms with Crippen molar-refractivity contribution in [2.24, 2.45) is 7.05 Å². The minimum Gasteiger partial charge on any atom is -0.457 e. The van der Waals surface area contributed by atoms with Gasteiger partial charge in [0.1, 0.15) is 28.0 Å². The van der Waals surface area contributed by atoms with Crippen LogP contribution in [0.3, 0.4) is 0 Å². The first kappa shape index (κ1) is 22.5. The number of carbonyl (C=O) groups is 1. The van der Waals surface area contributed by atoms with E-state index in [0.717, 1.165) is 28.5 Å². The maximum Gasteiger partial charge on any atom is 0.346 e. The molecule has 0 fully saturated rings. The van der Waals surface area contributed by atoms with Crippen LogP contribution in [-0.4, -0.2) is 15.1 Å². The van der Waals surface area contributed by atoms with Crippen molar-refractivity contribution in [2.75, 3.05) is 5.32 Å². The van der Waals surface area contributed by atoms with E-state index in [9.17, 15) is 27.6 Å². The first-order valence-corrected chi connectivity index (χ1v) is 10.4. The number of carbonyl (C=O) groups excluding carboxylic acids is 1. The molecule has 1 aliphatic rings. The van der Waals surface area contributed by atoms with Crippen molar-refractivity contribution in [3.63, 3.8) is 0 Å². The highest BCUT2D eigenvalue weighted by molar-refractivity contribution is 8.04. The maximum atomic E-state index is 13.6. The smallest absolute Gasteiger partial charge is 0.346 e. The van der Waals surface area contributed by atoms with Crippen LogP contribution in [0.4, 0.5) is 19.0 Å². The van der Waals surface area contributed by atoms with Crippen LogP contribution in [0.1, 0.15) is 11.1 Å². The Balaban J connectivity index is 1.58. The predicted octanol–water partition coefficient (Wildman–Crippen LogP) is 3.12. The zero-order valence-electron chi connectivity index (χ0n) is 17.1. The van der Waals surface area contributed by atoms with Crippen LogP contribution >= 0.6 is 11.8 Å². The molecule has 2 aromatic carbocycles. The topological polar surface area (TPSA) is 82.3 Å². The Morgan fingerprint density at radius 2 is 1.73 bits per heavy atom. The molecule has 0 amide bonds. The molecule has 7 nitrogen and oxygen atoms in total. The van der Waals surface area contributed by atoms with Crippen LogP contribution in [0.2, 0.25) is 0 Å². The van der Waals surface area contributed by atoms with Crippen LogP contribution in [0, 0.1) is 17.5 Å². The molecule has 3 aromatic rings. The van der Waals surface area contributed by atoms with Crippen LogP contribution in [0.25, 0.3) is 0 Å². The first-order chi connectivity index (χ1) is 15.7. The molecule has 1 N–H and O–H groups in total. The number of rotatable bonds is 5. The van der Waals surface area contributed by atoms with Gasteiger partial charge in [-0.1, -0.05) is 30.0 Å². The second-order valence-corrected chi connectivity index (χ2v) is 8.17. The molecule has 11 heteroatoms. The van der Waals surface area contributed by atoms with Gasteiger partial charge in [-0.25, -0.2) is 22.8 Å². The SMILES string of the molecule is Cn1c2c(c(=O)n(Cc3ccc(F)c(F)c3)c1=O)SC(C(=O)OCc1ccc(F)cc1)=CN2. The number of nitrogens with one attached hydrogen (secondary N) is 1. The fourth-order valence-electron chi connectivity index (χ4n) is 3.13. The summed E-state index contributed by atoms with van der Waals surface area (Å²) in [5.41, 5.74) is -0.577. The van der Waals surface area contributed by atoms with Crippen molar-refractivity contribution in [3.8, 4) is 0 Å². The summed E-state index contributed by atoms with van der Waals surface area (Å²) in [5, 5.41) is 2.76. The van der Waals surface area contributed by atoms with Gasteiger partial charge in [-0.3, -0.25) is 13.9 Å². The summed E-state index contributed by atoms with van der Waals surface area (Å²) in [6, 6.07) is 8.53. The van der Waals surface area contributed by atoms with E-state index in [4.69, 9.17) is 4.74 Å². The molecular weight excluding hydrogens is 459 g/mol. The summed E-state index contributed by atoms with van der Waals surface area (Å²) in [7, 11) is 1.43. The van der Waals surface area contributed by atoms with Gasteiger partial charge in [-0.05, 0) is 35.4 Å². The van der Waals surface area contributed by atoms with Crippen LogP contribution in [0.15, 0.2) is 68.1 Å². The summed E-state index contributed by atoms with van der Waals surface area (Å²) in [6.45, 7) is -0.387. The zero-order chi connectivity index (χ0) is 23.7. The van der Waals surface area contributed by atoms with E-state index < -0.39 is 34.7 Å². The number of anilines is 1. The first-order valence-electron chi connectivity index (χ1n) is 9.58. The molecule has 2 heterocycles. The Labute approximate surface area is 189 Å². The lowest BCUT2D eigenvalue weighted by molar-refractivity contribution is -0.139. The van der Waals surface area contributed by atoms with Gasteiger partial charge < -0.3 is 10.1 Å². The minimum absolute atomic E-state index is 0.0657. The summed E-state index contributed by atoms with van der Waals surface area (Å²) in [6.07, 6.45) is 1.32. The number of nitrogens with zero attached hydrogens (tertiary/aromatic N) is 2. The van der Waals surface area contributed by atoms with E-state index in [1.807, 2.05) is 0 Å². The van der Waals surface area contributed by atoms with Crippen molar-refractivity contribution in [3.05, 3.63) is 103 Å². The Morgan fingerprint density at radius 3 is 2.42 bits per heavy atom. The molecule has 1 aromatic heterocycles. The highest BCUT2D eigenvalue weighted by Crippen LogP contribution is 2.34. The van der Waals surface area contributed by atoms with Gasteiger partial charge in [-0.2, -0.15) is 0 Å². The van der Waals surface area contributed by atoms with E-state index in [1.54, 1.807) is 0 Å². The third-order valence-corrected chi connectivity index (χ3v) is 5.95. The fourth-order valence-corrected chi connectivity index (χ4v) is 4.10. The number of ether oxygens (including phenoxy) is 1. The number of hydrogen-bond donors (Lipinski definition) is 1. The quantitative estimate of drug-likeness (QED) is 0.571. The van der Waals surface area contributed by atoms with Crippen LogP contribution < -0.4 is 16.6 Å². The number of benzene rings is 2. The lowest BCUT2D eigenvalue weighted by atomic mass is 10.2. The number of hydrogen-bond acceptors (Lipinski definition) is 6. The van der Waals surface area contributed by atoms with Crippen molar-refractivity contribution in [1.82, 2.24) is 9.13 Å². The molecule has 0 saturated carbocycles. The van der Waals surface area contributed by atoms with E-state index in [2.05, 4.69) is 5.32 Å². The molecule has 33 heavy (non-hydrogen) atoms. The molecule has 0 spiro atoms. The molecule has 0 radical (unpaired) electrons. The number of esters is 1. The summed E-state index contributed by atoms with van der Waals surface area (Å²) >= 11 is 0.819. The van der Waals surface area contributed by atoms with Gasteiger partial charge in [0.05, 0.1) is 6.54 Å². The van der Waals surface area contributed by atoms with Gasteiger partial charge in [0, 0.05) is 13.2 Å². The summed E-state index contributed by atoms with van der Waals surface area (Å²) < 4.78 is 47.0. The third-order valence-electron chi connectivity index (χ3n) is 4.87. The Bertz CT molecular complexity index is 1400. The lowest BCUT2D eigenvalue weighted by Gasteiger charge is -2.20. The van der Waals surface area contributed by atoms with Crippen molar-refractivity contribution >= 4 is 23.5 Å². The van der Waals surface area contributed by atoms with Crippen LogP contribution in [-0.2, 0) is 29.7 Å². The molecule has 1 aliphatic heterocycles. The second kappa shape index (κ2) is 9.02. The standard InChI is InChI=1S/C22H16F3N3O4S/c1-27-19-18(20(29)28(22(27)31)10-13-4-7-15(24)16(25)8-13)33-17(9-26-19)21(30)32-11-12-2-5-14(23)6-3-12/h2-9,26H,10-11H2,1H3. The summed E-state index contributed by atoms with van der Waals surface area (Å²) in [4.78, 5) is 38.3. The Kier molecular flexibility index (Phi) is 6.14. The average Bonchev–Trinajstić information content (AvgIpc) is 2.81. The van der Waals surface area contributed by atoms with Gasteiger partial charge in [-0.15, -0.1) is 0 Å². The molecule has 170 valence electrons. The predicted molar refractivity (Wildman–Crippen MR) is 115 cm³/mol. The molecule has 0 saturated heterocycles. The fraction of sp³-hybridized carbons (Fsp3) is 0.136. The van der Waals surface area contributed by atoms with Crippen molar-refractivity contribution in [2.45, 2.75) is 18.0 Å². The van der Waals surface area contributed by atoms with E-state index in [-0.39, 0.29) is 34.3 Å². The molecular formula is C22H16F3N3O4S. The second-order valence-electron chi connectivity index (χ2n) is 7.12. The minimum atomic E-state index is -1.10. The molecule has 0 aliphatic carbocycles. The third kappa shape index (κ3) is 4.58. The lowest BCUT2D eigenvalue weighted by Crippen LogP contribution is -2.41. The molecule has 0 atom stereocenters. The molecule has 0 bridgehead atoms. The molecule has 0 unspecified atom stereocenters. The normalized spacial score (nSPS) is 12.5. The molecule has 4 rings (SSSR count). The number of aromatic nitrogens is 2. The van der Waals surface area contributed by atoms with Gasteiger partial charge in [0.2, 0.25) is 0 Å². The monoisotopic (exact) mass is 475 g/mol. The van der Waals surface area contributed by atoms with E-state index in [0.29, 0.717) is 5.56 Å². The highest BCUT2D eigenvalue weighted by Gasteiger charge is 2.26. The highest BCUT2D eigenvalue weighted by atomic mass is 32.2. The van der Waals surface area contributed by atoms with E-state index in [1.165, 1.54) is 48.1 Å². The average molecular weight is 475 g/mol. The van der Waals surface area contributed by atoms with E-state index >= 15 is 0 Å². The Hall–Kier alpha value is -3.73. The number of fused-ring (bicyclic) bond motifs is 1. The van der Waals surface area contributed by atoms with Crippen molar-refractivity contribution < 1.29 is 22.7 Å². The zero-order valence-corrected chi connectivity index (χ0v) is 17.9. The Morgan fingerprint density at radius 1 is 1.03 bits per heavy atom. The van der Waals surface area contributed by atoms with Gasteiger partial charge in [0.25, 0.3) is 5.56 Å². The van der Waals surface area contributed by atoms with Crippen LogP contribution in [0.5, 0.6) is 0 Å². The van der Waals surface area contributed by atoms with Gasteiger partial charge >= 0.3 is 11.7 Å². The number of thioether (sulfide) groups is 1. The largest absolute Gasteiger partial charge is 0.457 e. The van der Waals surface area contributed by atoms with Gasteiger partial charge in [0.15, 0.2) is 11.6 Å². The maximum absolute atomic E-state index is 13.6.